The maximum absolute atomic E-state index is 13.2. The second kappa shape index (κ2) is 6.90. The highest BCUT2D eigenvalue weighted by atomic mass is 32.1. The molecule has 0 aliphatic carbocycles. The summed E-state index contributed by atoms with van der Waals surface area (Å²) >= 11 is 6.92. The molecule has 0 fully saturated rings. The van der Waals surface area contributed by atoms with Gasteiger partial charge in [-0.3, -0.25) is 9.36 Å². The number of nitrogens with one attached hydrogen (secondary N) is 1. The third kappa shape index (κ3) is 2.98. The third-order valence-electron chi connectivity index (χ3n) is 4.30. The zero-order chi connectivity index (χ0) is 18.1. The number of rotatable bonds is 4. The molecule has 0 aliphatic rings. The molecule has 2 aromatic carbocycles. The number of aromatic amines is 1. The van der Waals surface area contributed by atoms with Crippen LogP contribution in [0.4, 0.5) is 0 Å². The summed E-state index contributed by atoms with van der Waals surface area (Å²) in [5, 5.41) is 2.66. The fourth-order valence-corrected chi connectivity index (χ4v) is 4.22. The van der Waals surface area contributed by atoms with Crippen molar-refractivity contribution in [1.29, 1.82) is 0 Å². The van der Waals surface area contributed by atoms with Crippen LogP contribution in [0.3, 0.4) is 0 Å². The number of benzene rings is 2. The van der Waals surface area contributed by atoms with Gasteiger partial charge < -0.3 is 9.72 Å². The lowest BCUT2D eigenvalue weighted by Crippen LogP contribution is -2.22. The summed E-state index contributed by atoms with van der Waals surface area (Å²) in [6.07, 6.45) is 0. The van der Waals surface area contributed by atoms with E-state index >= 15 is 0 Å². The van der Waals surface area contributed by atoms with E-state index in [0.717, 1.165) is 27.3 Å². The van der Waals surface area contributed by atoms with Crippen molar-refractivity contribution in [3.05, 3.63) is 80.7 Å². The monoisotopic (exact) mass is 380 g/mol. The molecule has 0 unspecified atom stereocenters. The van der Waals surface area contributed by atoms with Crippen LogP contribution >= 0.6 is 23.6 Å². The van der Waals surface area contributed by atoms with Gasteiger partial charge >= 0.3 is 0 Å². The molecule has 0 spiro atoms. The minimum Gasteiger partial charge on any atom is -0.497 e. The largest absolute Gasteiger partial charge is 0.497 e. The summed E-state index contributed by atoms with van der Waals surface area (Å²) in [4.78, 5) is 17.2. The highest BCUT2D eigenvalue weighted by molar-refractivity contribution is 7.71. The van der Waals surface area contributed by atoms with E-state index in [1.807, 2.05) is 60.0 Å². The fourth-order valence-electron chi connectivity index (χ4n) is 2.95. The van der Waals surface area contributed by atoms with Crippen LogP contribution in [-0.2, 0) is 6.54 Å². The molecule has 2 aromatic heterocycles. The van der Waals surface area contributed by atoms with Gasteiger partial charge in [-0.25, -0.2) is 0 Å². The van der Waals surface area contributed by atoms with Crippen LogP contribution in [0.1, 0.15) is 5.56 Å². The third-order valence-corrected chi connectivity index (χ3v) is 5.52. The zero-order valence-electron chi connectivity index (χ0n) is 14.1. The lowest BCUT2D eigenvalue weighted by Gasteiger charge is -2.08. The van der Waals surface area contributed by atoms with Crippen molar-refractivity contribution >= 4 is 33.8 Å². The number of thiophene rings is 1. The Labute approximate surface area is 159 Å². The predicted octanol–water partition coefficient (Wildman–Crippen LogP) is 4.84. The summed E-state index contributed by atoms with van der Waals surface area (Å²) < 4.78 is 7.27. The number of fused-ring (bicyclic) bond motifs is 1. The predicted molar refractivity (Wildman–Crippen MR) is 109 cm³/mol. The first kappa shape index (κ1) is 16.8. The fraction of sp³-hybridized carbons (Fsp3) is 0.100. The van der Waals surface area contributed by atoms with E-state index < -0.39 is 0 Å². The molecule has 1 N–H and O–H groups in total. The van der Waals surface area contributed by atoms with Crippen molar-refractivity contribution in [2.75, 3.05) is 7.11 Å². The van der Waals surface area contributed by atoms with Crippen molar-refractivity contribution in [2.45, 2.75) is 6.54 Å². The van der Waals surface area contributed by atoms with Gasteiger partial charge in [0, 0.05) is 10.9 Å². The Kier molecular flexibility index (Phi) is 4.44. The first-order valence-corrected chi connectivity index (χ1v) is 9.39. The Balaban J connectivity index is 1.87. The highest BCUT2D eigenvalue weighted by Gasteiger charge is 2.14. The molecule has 0 saturated heterocycles. The van der Waals surface area contributed by atoms with E-state index in [4.69, 9.17) is 17.0 Å². The van der Waals surface area contributed by atoms with E-state index in [-0.39, 0.29) is 5.56 Å². The summed E-state index contributed by atoms with van der Waals surface area (Å²) in [5.74, 6) is 0.786. The second-order valence-electron chi connectivity index (χ2n) is 5.89. The second-order valence-corrected chi connectivity index (χ2v) is 7.16. The summed E-state index contributed by atoms with van der Waals surface area (Å²) in [6, 6.07) is 17.6. The Bertz CT molecular complexity index is 1170. The van der Waals surface area contributed by atoms with E-state index in [1.165, 1.54) is 11.3 Å². The standard InChI is InChI=1S/C20H16N2O2S2/c1-24-15-9-7-14(8-10-15)16-12-26-18-17(16)19(23)22(20(25)21-18)11-13-5-3-2-4-6-13/h2-10,12H,11H2,1H3,(H,21,25). The maximum Gasteiger partial charge on any atom is 0.263 e. The van der Waals surface area contributed by atoms with Gasteiger partial charge in [0.1, 0.15) is 10.6 Å². The molecule has 0 radical (unpaired) electrons. The Morgan fingerprint density at radius 3 is 2.54 bits per heavy atom. The molecule has 4 aromatic rings. The normalized spacial score (nSPS) is 11.0. The number of methoxy groups -OCH3 is 1. The summed E-state index contributed by atoms with van der Waals surface area (Å²) in [5.41, 5.74) is 2.85. The number of H-pyrrole nitrogens is 1. The molecule has 0 saturated carbocycles. The van der Waals surface area contributed by atoms with Gasteiger partial charge in [-0.2, -0.15) is 0 Å². The van der Waals surface area contributed by atoms with Gasteiger partial charge in [0.25, 0.3) is 5.56 Å². The molecule has 0 amide bonds. The van der Waals surface area contributed by atoms with Gasteiger partial charge in [0.15, 0.2) is 4.77 Å². The van der Waals surface area contributed by atoms with Gasteiger partial charge in [0.05, 0.1) is 19.0 Å². The molecule has 0 bridgehead atoms. The Hall–Kier alpha value is -2.70. The van der Waals surface area contributed by atoms with E-state index in [2.05, 4.69) is 4.98 Å². The highest BCUT2D eigenvalue weighted by Crippen LogP contribution is 2.31. The lowest BCUT2D eigenvalue weighted by atomic mass is 10.1. The minimum atomic E-state index is -0.0697. The van der Waals surface area contributed by atoms with Crippen molar-refractivity contribution in [3.8, 4) is 16.9 Å². The maximum atomic E-state index is 13.2. The summed E-state index contributed by atoms with van der Waals surface area (Å²) in [7, 11) is 1.64. The van der Waals surface area contributed by atoms with Crippen LogP contribution in [-0.4, -0.2) is 16.7 Å². The van der Waals surface area contributed by atoms with Crippen molar-refractivity contribution < 1.29 is 4.74 Å². The number of ether oxygens (including phenoxy) is 1. The van der Waals surface area contributed by atoms with Gasteiger partial charge in [0.2, 0.25) is 0 Å². The molecular formula is C20H16N2O2S2. The van der Waals surface area contributed by atoms with E-state index in [9.17, 15) is 4.79 Å². The first-order valence-electron chi connectivity index (χ1n) is 8.10. The average molecular weight is 380 g/mol. The topological polar surface area (TPSA) is 47.0 Å². The molecular weight excluding hydrogens is 364 g/mol. The molecule has 4 nitrogen and oxygen atoms in total. The number of hydrogen-bond acceptors (Lipinski definition) is 4. The van der Waals surface area contributed by atoms with Crippen LogP contribution in [0.5, 0.6) is 5.75 Å². The van der Waals surface area contributed by atoms with E-state index in [1.54, 1.807) is 11.7 Å². The molecule has 4 rings (SSSR count). The Morgan fingerprint density at radius 1 is 1.12 bits per heavy atom. The Morgan fingerprint density at radius 2 is 1.85 bits per heavy atom. The van der Waals surface area contributed by atoms with Crippen LogP contribution < -0.4 is 10.3 Å². The molecule has 2 heterocycles. The van der Waals surface area contributed by atoms with Crippen LogP contribution in [0.25, 0.3) is 21.3 Å². The van der Waals surface area contributed by atoms with Gasteiger partial charge in [-0.15, -0.1) is 11.3 Å². The zero-order valence-corrected chi connectivity index (χ0v) is 15.7. The van der Waals surface area contributed by atoms with Gasteiger partial charge in [-0.1, -0.05) is 42.5 Å². The number of aromatic nitrogens is 2. The van der Waals surface area contributed by atoms with E-state index in [0.29, 0.717) is 16.7 Å². The molecule has 6 heteroatoms. The van der Waals surface area contributed by atoms with Crippen molar-refractivity contribution in [2.24, 2.45) is 0 Å². The smallest absolute Gasteiger partial charge is 0.263 e. The lowest BCUT2D eigenvalue weighted by molar-refractivity contribution is 0.415. The molecule has 0 aliphatic heterocycles. The van der Waals surface area contributed by atoms with Crippen LogP contribution in [0.2, 0.25) is 0 Å². The SMILES string of the molecule is COc1ccc(-c2csc3[nH]c(=S)n(Cc4ccccc4)c(=O)c23)cc1. The number of hydrogen-bond donors (Lipinski definition) is 1. The van der Waals surface area contributed by atoms with Crippen LogP contribution in [0, 0.1) is 4.77 Å². The van der Waals surface area contributed by atoms with Gasteiger partial charge in [-0.05, 0) is 35.5 Å². The summed E-state index contributed by atoms with van der Waals surface area (Å²) in [6.45, 7) is 0.447. The minimum absolute atomic E-state index is 0.0697. The number of nitrogens with zero attached hydrogens (tertiary/aromatic N) is 1. The van der Waals surface area contributed by atoms with Crippen molar-refractivity contribution in [1.82, 2.24) is 9.55 Å². The first-order chi connectivity index (χ1) is 12.7. The van der Waals surface area contributed by atoms with Crippen molar-refractivity contribution in [3.63, 3.8) is 0 Å². The average Bonchev–Trinajstić information content (AvgIpc) is 3.10. The molecule has 26 heavy (non-hydrogen) atoms. The molecule has 130 valence electrons. The molecule has 0 atom stereocenters. The quantitative estimate of drug-likeness (QED) is 0.515. The van der Waals surface area contributed by atoms with Crippen LogP contribution in [0.15, 0.2) is 64.8 Å².